The van der Waals surface area contributed by atoms with E-state index in [1.54, 1.807) is 32.9 Å². The number of halogens is 2. The van der Waals surface area contributed by atoms with Gasteiger partial charge in [0.2, 0.25) is 0 Å². The van der Waals surface area contributed by atoms with Gasteiger partial charge in [0.15, 0.2) is 0 Å². The van der Waals surface area contributed by atoms with Crippen LogP contribution in [0.2, 0.25) is 0 Å². The highest BCUT2D eigenvalue weighted by Gasteiger charge is 2.15. The third-order valence-corrected chi connectivity index (χ3v) is 1.98. The Bertz CT molecular complexity index is 413. The molecule has 1 amide bonds. The first kappa shape index (κ1) is 15.2. The fourth-order valence-electron chi connectivity index (χ4n) is 1.28. The standard InChI is InChI=1S/C13H17F2NO3/c1-13(2,3)19-12(17)16-8-9-4-6-10(7-5-9)18-11(14)15/h4-7,11H,8H2,1-3H3,(H,16,17). The van der Waals surface area contributed by atoms with Crippen LogP contribution in [0, 0.1) is 0 Å². The number of hydrogen-bond donors (Lipinski definition) is 1. The number of benzene rings is 1. The Labute approximate surface area is 110 Å². The average molecular weight is 273 g/mol. The largest absolute Gasteiger partial charge is 0.444 e. The highest BCUT2D eigenvalue weighted by molar-refractivity contribution is 5.67. The van der Waals surface area contributed by atoms with E-state index in [0.29, 0.717) is 0 Å². The Hall–Kier alpha value is -1.85. The van der Waals surface area contributed by atoms with E-state index in [4.69, 9.17) is 4.74 Å². The minimum atomic E-state index is -2.84. The maximum atomic E-state index is 11.9. The fourth-order valence-corrected chi connectivity index (χ4v) is 1.28. The van der Waals surface area contributed by atoms with Gasteiger partial charge in [0.25, 0.3) is 0 Å². The molecule has 0 fully saturated rings. The van der Waals surface area contributed by atoms with Gasteiger partial charge in [0.1, 0.15) is 11.4 Å². The van der Waals surface area contributed by atoms with Gasteiger partial charge in [0.05, 0.1) is 0 Å². The van der Waals surface area contributed by atoms with Crippen LogP contribution in [0.4, 0.5) is 13.6 Å². The van der Waals surface area contributed by atoms with Crippen molar-refractivity contribution >= 4 is 6.09 Å². The van der Waals surface area contributed by atoms with Crippen molar-refractivity contribution in [3.63, 3.8) is 0 Å². The highest BCUT2D eigenvalue weighted by atomic mass is 19.3. The van der Waals surface area contributed by atoms with Gasteiger partial charge < -0.3 is 14.8 Å². The molecule has 0 bridgehead atoms. The Morgan fingerprint density at radius 3 is 2.32 bits per heavy atom. The third kappa shape index (κ3) is 6.59. The molecule has 0 unspecified atom stereocenters. The lowest BCUT2D eigenvalue weighted by atomic mass is 10.2. The van der Waals surface area contributed by atoms with Gasteiger partial charge in [-0.05, 0) is 38.5 Å². The summed E-state index contributed by atoms with van der Waals surface area (Å²) in [5, 5.41) is 2.57. The predicted molar refractivity (Wildman–Crippen MR) is 66.1 cm³/mol. The molecule has 0 atom stereocenters. The molecule has 4 nitrogen and oxygen atoms in total. The van der Waals surface area contributed by atoms with E-state index in [-0.39, 0.29) is 12.3 Å². The molecule has 0 aromatic heterocycles. The van der Waals surface area contributed by atoms with Gasteiger partial charge in [0, 0.05) is 6.54 Å². The zero-order valence-electron chi connectivity index (χ0n) is 11.1. The van der Waals surface area contributed by atoms with Gasteiger partial charge in [-0.25, -0.2) is 4.79 Å². The molecule has 0 saturated carbocycles. The van der Waals surface area contributed by atoms with E-state index < -0.39 is 18.3 Å². The molecule has 0 spiro atoms. The molecule has 0 heterocycles. The lowest BCUT2D eigenvalue weighted by molar-refractivity contribution is -0.0498. The molecule has 0 aliphatic rings. The SMILES string of the molecule is CC(C)(C)OC(=O)NCc1ccc(OC(F)F)cc1. The number of amides is 1. The zero-order chi connectivity index (χ0) is 14.5. The van der Waals surface area contributed by atoms with Crippen molar-refractivity contribution in [2.24, 2.45) is 0 Å². The van der Waals surface area contributed by atoms with Gasteiger partial charge in [-0.2, -0.15) is 8.78 Å². The molecule has 1 N–H and O–H groups in total. The Kier molecular flexibility index (Phi) is 5.09. The molecule has 0 radical (unpaired) electrons. The van der Waals surface area contributed by atoms with Crippen LogP contribution in [0.15, 0.2) is 24.3 Å². The van der Waals surface area contributed by atoms with Crippen molar-refractivity contribution in [1.29, 1.82) is 0 Å². The molecule has 19 heavy (non-hydrogen) atoms. The van der Waals surface area contributed by atoms with E-state index in [9.17, 15) is 13.6 Å². The summed E-state index contributed by atoms with van der Waals surface area (Å²) in [7, 11) is 0. The van der Waals surface area contributed by atoms with E-state index in [1.165, 1.54) is 12.1 Å². The predicted octanol–water partition coefficient (Wildman–Crippen LogP) is 3.31. The normalized spacial score (nSPS) is 11.3. The van der Waals surface area contributed by atoms with Crippen molar-refractivity contribution in [3.05, 3.63) is 29.8 Å². The second kappa shape index (κ2) is 6.36. The van der Waals surface area contributed by atoms with Crippen molar-refractivity contribution in [3.8, 4) is 5.75 Å². The molecular weight excluding hydrogens is 256 g/mol. The highest BCUT2D eigenvalue weighted by Crippen LogP contribution is 2.15. The lowest BCUT2D eigenvalue weighted by Crippen LogP contribution is -2.32. The monoisotopic (exact) mass is 273 g/mol. The molecule has 0 saturated heterocycles. The lowest BCUT2D eigenvalue weighted by Gasteiger charge is -2.19. The first-order valence-corrected chi connectivity index (χ1v) is 5.77. The summed E-state index contributed by atoms with van der Waals surface area (Å²) in [6.07, 6.45) is -0.527. The minimum Gasteiger partial charge on any atom is -0.444 e. The Morgan fingerprint density at radius 1 is 1.26 bits per heavy atom. The molecular formula is C13H17F2NO3. The molecule has 1 aromatic rings. The van der Waals surface area contributed by atoms with Gasteiger partial charge in [-0.3, -0.25) is 0 Å². The smallest absolute Gasteiger partial charge is 0.407 e. The number of hydrogen-bond acceptors (Lipinski definition) is 3. The maximum Gasteiger partial charge on any atom is 0.407 e. The number of carbonyl (C=O) groups is 1. The minimum absolute atomic E-state index is 0.0796. The van der Waals surface area contributed by atoms with Crippen LogP contribution < -0.4 is 10.1 Å². The first-order chi connectivity index (χ1) is 8.76. The number of alkyl halides is 2. The second-order valence-electron chi connectivity index (χ2n) is 4.88. The van der Waals surface area contributed by atoms with Gasteiger partial charge >= 0.3 is 12.7 Å². The topological polar surface area (TPSA) is 47.6 Å². The van der Waals surface area contributed by atoms with Gasteiger partial charge in [-0.1, -0.05) is 12.1 Å². The summed E-state index contributed by atoms with van der Waals surface area (Å²) in [6, 6.07) is 6.01. The summed E-state index contributed by atoms with van der Waals surface area (Å²) in [4.78, 5) is 11.4. The fraction of sp³-hybridized carbons (Fsp3) is 0.462. The molecule has 1 aromatic carbocycles. The number of carbonyl (C=O) groups excluding carboxylic acids is 1. The quantitative estimate of drug-likeness (QED) is 0.915. The third-order valence-electron chi connectivity index (χ3n) is 1.98. The van der Waals surface area contributed by atoms with E-state index in [2.05, 4.69) is 10.1 Å². The van der Waals surface area contributed by atoms with Crippen LogP contribution in [0.5, 0.6) is 5.75 Å². The molecule has 0 aliphatic carbocycles. The number of ether oxygens (including phenoxy) is 2. The van der Waals surface area contributed by atoms with Crippen LogP contribution in [0.3, 0.4) is 0 Å². The van der Waals surface area contributed by atoms with Crippen LogP contribution in [0.25, 0.3) is 0 Å². The Balaban J connectivity index is 2.44. The summed E-state index contributed by atoms with van der Waals surface area (Å²) in [5.74, 6) is 0.0796. The van der Waals surface area contributed by atoms with E-state index >= 15 is 0 Å². The average Bonchev–Trinajstić information content (AvgIpc) is 2.25. The van der Waals surface area contributed by atoms with Crippen LogP contribution >= 0.6 is 0 Å². The Morgan fingerprint density at radius 2 is 1.84 bits per heavy atom. The summed E-state index contributed by atoms with van der Waals surface area (Å²) < 4.78 is 33.2. The zero-order valence-corrected chi connectivity index (χ0v) is 11.1. The van der Waals surface area contributed by atoms with Crippen molar-refractivity contribution in [2.45, 2.75) is 39.5 Å². The summed E-state index contributed by atoms with van der Waals surface area (Å²) in [5.41, 5.74) is 0.200. The molecule has 106 valence electrons. The van der Waals surface area contributed by atoms with Crippen LogP contribution in [0.1, 0.15) is 26.3 Å². The van der Waals surface area contributed by atoms with E-state index in [1.807, 2.05) is 0 Å². The van der Waals surface area contributed by atoms with Crippen molar-refractivity contribution in [2.75, 3.05) is 0 Å². The van der Waals surface area contributed by atoms with E-state index in [0.717, 1.165) is 5.56 Å². The molecule has 0 aliphatic heterocycles. The number of rotatable bonds is 4. The first-order valence-electron chi connectivity index (χ1n) is 5.77. The maximum absolute atomic E-state index is 11.9. The number of nitrogens with one attached hydrogen (secondary N) is 1. The van der Waals surface area contributed by atoms with Gasteiger partial charge in [-0.15, -0.1) is 0 Å². The molecule has 1 rings (SSSR count). The summed E-state index contributed by atoms with van der Waals surface area (Å²) in [6.45, 7) is 2.71. The van der Waals surface area contributed by atoms with Crippen LogP contribution in [-0.4, -0.2) is 18.3 Å². The molecule has 6 heteroatoms. The van der Waals surface area contributed by atoms with Crippen LogP contribution in [-0.2, 0) is 11.3 Å². The number of alkyl carbamates (subject to hydrolysis) is 1. The van der Waals surface area contributed by atoms with Crippen molar-refractivity contribution < 1.29 is 23.0 Å². The second-order valence-corrected chi connectivity index (χ2v) is 4.88. The summed E-state index contributed by atoms with van der Waals surface area (Å²) >= 11 is 0. The van der Waals surface area contributed by atoms with Crippen molar-refractivity contribution in [1.82, 2.24) is 5.32 Å².